The highest BCUT2D eigenvalue weighted by Gasteiger charge is 2.12. The lowest BCUT2D eigenvalue weighted by molar-refractivity contribution is 0.103. The maximum atomic E-state index is 11.9. The lowest BCUT2D eigenvalue weighted by atomic mass is 10.2. The fourth-order valence-electron chi connectivity index (χ4n) is 1.32. The summed E-state index contributed by atoms with van der Waals surface area (Å²) in [5, 5.41) is 3.32. The molecule has 0 saturated heterocycles. The number of halogens is 2. The van der Waals surface area contributed by atoms with Crippen molar-refractivity contribution >= 4 is 50.5 Å². The largest absolute Gasteiger partial charge is 0.320 e. The zero-order chi connectivity index (χ0) is 12.4. The Morgan fingerprint density at radius 1 is 1.53 bits per heavy atom. The smallest absolute Gasteiger partial charge is 0.267 e. The number of thiazole rings is 1. The number of para-hydroxylation sites is 1. The average Bonchev–Trinajstić information content (AvgIpc) is 2.70. The molecule has 1 aromatic heterocycles. The average molecular weight is 332 g/mol. The van der Waals surface area contributed by atoms with Crippen LogP contribution < -0.4 is 5.32 Å². The Morgan fingerprint density at radius 2 is 2.29 bits per heavy atom. The Morgan fingerprint density at radius 3 is 2.88 bits per heavy atom. The van der Waals surface area contributed by atoms with Crippen LogP contribution >= 0.6 is 38.9 Å². The molecule has 6 heteroatoms. The van der Waals surface area contributed by atoms with Gasteiger partial charge < -0.3 is 5.32 Å². The highest BCUT2D eigenvalue weighted by molar-refractivity contribution is 9.11. The van der Waals surface area contributed by atoms with E-state index in [9.17, 15) is 4.79 Å². The van der Waals surface area contributed by atoms with Crippen molar-refractivity contribution in [1.29, 1.82) is 0 Å². The molecule has 0 saturated carbocycles. The second kappa shape index (κ2) is 5.16. The first-order valence-corrected chi connectivity index (χ1v) is 6.74. The van der Waals surface area contributed by atoms with Crippen LogP contribution in [0.4, 0.5) is 5.69 Å². The van der Waals surface area contributed by atoms with Gasteiger partial charge in [-0.15, -0.1) is 11.3 Å². The Balaban J connectivity index is 2.24. The van der Waals surface area contributed by atoms with Gasteiger partial charge in [0.1, 0.15) is 4.88 Å². The molecule has 3 nitrogen and oxygen atoms in total. The number of carbonyl (C=O) groups is 1. The second-order valence-electron chi connectivity index (χ2n) is 3.36. The van der Waals surface area contributed by atoms with E-state index in [1.54, 1.807) is 6.07 Å². The minimum Gasteiger partial charge on any atom is -0.320 e. The van der Waals surface area contributed by atoms with Gasteiger partial charge in [0.05, 0.1) is 16.9 Å². The van der Waals surface area contributed by atoms with E-state index in [2.05, 4.69) is 26.2 Å². The summed E-state index contributed by atoms with van der Waals surface area (Å²) in [4.78, 5) is 16.4. The quantitative estimate of drug-likeness (QED) is 0.899. The van der Waals surface area contributed by atoms with Gasteiger partial charge in [-0.2, -0.15) is 0 Å². The first kappa shape index (κ1) is 12.5. The lowest BCUT2D eigenvalue weighted by Crippen LogP contribution is -2.11. The minimum absolute atomic E-state index is 0.204. The third-order valence-electron chi connectivity index (χ3n) is 2.16. The first-order chi connectivity index (χ1) is 8.08. The molecule has 2 aromatic rings. The minimum atomic E-state index is -0.204. The zero-order valence-corrected chi connectivity index (χ0v) is 12.0. The molecule has 1 aromatic carbocycles. The molecule has 2 rings (SSSR count). The number of aryl methyl sites for hydroxylation is 1. The number of amides is 1. The molecule has 0 aliphatic heterocycles. The van der Waals surface area contributed by atoms with Crippen molar-refractivity contribution in [2.75, 3.05) is 5.32 Å². The van der Waals surface area contributed by atoms with Crippen LogP contribution in [-0.4, -0.2) is 10.9 Å². The van der Waals surface area contributed by atoms with Gasteiger partial charge in [0.2, 0.25) is 0 Å². The Labute approximate surface area is 116 Å². The van der Waals surface area contributed by atoms with E-state index in [4.69, 9.17) is 11.6 Å². The highest BCUT2D eigenvalue weighted by Crippen LogP contribution is 2.27. The zero-order valence-electron chi connectivity index (χ0n) is 8.83. The number of rotatable bonds is 2. The number of anilines is 1. The molecule has 1 amide bonds. The van der Waals surface area contributed by atoms with E-state index in [-0.39, 0.29) is 5.91 Å². The van der Waals surface area contributed by atoms with Crippen LogP contribution in [0.15, 0.2) is 28.3 Å². The van der Waals surface area contributed by atoms with Crippen molar-refractivity contribution in [2.45, 2.75) is 6.92 Å². The summed E-state index contributed by atoms with van der Waals surface area (Å²) >= 11 is 10.5. The third kappa shape index (κ3) is 2.86. The molecule has 0 atom stereocenters. The number of aromatic nitrogens is 1. The van der Waals surface area contributed by atoms with Crippen molar-refractivity contribution in [3.8, 4) is 0 Å². The summed E-state index contributed by atoms with van der Waals surface area (Å²) in [5.74, 6) is -0.204. The van der Waals surface area contributed by atoms with Crippen LogP contribution in [0.5, 0.6) is 0 Å². The van der Waals surface area contributed by atoms with Crippen molar-refractivity contribution in [3.05, 3.63) is 43.8 Å². The standard InChI is InChI=1S/C11H8BrClN2OS/c1-6-3-2-4-7(13)9(6)15-10(16)8-5-14-11(12)17-8/h2-5H,1H3,(H,15,16). The van der Waals surface area contributed by atoms with E-state index in [0.29, 0.717) is 19.5 Å². The highest BCUT2D eigenvalue weighted by atomic mass is 79.9. The van der Waals surface area contributed by atoms with Crippen molar-refractivity contribution in [3.63, 3.8) is 0 Å². The third-order valence-corrected chi connectivity index (χ3v) is 3.95. The lowest BCUT2D eigenvalue weighted by Gasteiger charge is -2.08. The molecule has 17 heavy (non-hydrogen) atoms. The van der Waals surface area contributed by atoms with Crippen LogP contribution in [-0.2, 0) is 0 Å². The monoisotopic (exact) mass is 330 g/mol. The van der Waals surface area contributed by atoms with Crippen molar-refractivity contribution < 1.29 is 4.79 Å². The summed E-state index contributed by atoms with van der Waals surface area (Å²) in [5.41, 5.74) is 1.57. The SMILES string of the molecule is Cc1cccc(Cl)c1NC(=O)c1cnc(Br)s1. The van der Waals surface area contributed by atoms with E-state index < -0.39 is 0 Å². The predicted molar refractivity (Wildman–Crippen MR) is 74.0 cm³/mol. The Kier molecular flexibility index (Phi) is 3.81. The van der Waals surface area contributed by atoms with Gasteiger partial charge in [-0.1, -0.05) is 23.7 Å². The second-order valence-corrected chi connectivity index (χ2v) is 6.08. The Bertz CT molecular complexity index is 550. The van der Waals surface area contributed by atoms with E-state index >= 15 is 0 Å². The van der Waals surface area contributed by atoms with Gasteiger partial charge in [-0.3, -0.25) is 4.79 Å². The molecule has 0 spiro atoms. The first-order valence-electron chi connectivity index (χ1n) is 4.75. The fourth-order valence-corrected chi connectivity index (χ4v) is 2.75. The van der Waals surface area contributed by atoms with Gasteiger partial charge >= 0.3 is 0 Å². The molecule has 0 aliphatic carbocycles. The summed E-state index contributed by atoms with van der Waals surface area (Å²) in [6.45, 7) is 1.89. The number of hydrogen-bond acceptors (Lipinski definition) is 3. The van der Waals surface area contributed by atoms with Crippen LogP contribution in [0.25, 0.3) is 0 Å². The number of benzene rings is 1. The summed E-state index contributed by atoms with van der Waals surface area (Å²) in [6, 6.07) is 5.48. The van der Waals surface area contributed by atoms with Gasteiger partial charge in [-0.25, -0.2) is 4.98 Å². The molecule has 1 N–H and O–H groups in total. The normalized spacial score (nSPS) is 10.3. The molecule has 0 radical (unpaired) electrons. The summed E-state index contributed by atoms with van der Waals surface area (Å²) in [7, 11) is 0. The maximum absolute atomic E-state index is 11.9. The van der Waals surface area contributed by atoms with Crippen LogP contribution in [0.3, 0.4) is 0 Å². The summed E-state index contributed by atoms with van der Waals surface area (Å²) < 4.78 is 0.679. The van der Waals surface area contributed by atoms with E-state index in [0.717, 1.165) is 5.56 Å². The number of nitrogens with zero attached hydrogens (tertiary/aromatic N) is 1. The van der Waals surface area contributed by atoms with Crippen molar-refractivity contribution in [2.24, 2.45) is 0 Å². The summed E-state index contributed by atoms with van der Waals surface area (Å²) in [6.07, 6.45) is 1.52. The topological polar surface area (TPSA) is 42.0 Å². The number of nitrogens with one attached hydrogen (secondary N) is 1. The van der Waals surface area contributed by atoms with Gasteiger partial charge in [0.15, 0.2) is 3.92 Å². The van der Waals surface area contributed by atoms with Crippen molar-refractivity contribution in [1.82, 2.24) is 4.98 Å². The molecule has 0 fully saturated rings. The Hall–Kier alpha value is -0.910. The van der Waals surface area contributed by atoms with Gasteiger partial charge in [0.25, 0.3) is 5.91 Å². The van der Waals surface area contributed by atoms with E-state index in [1.165, 1.54) is 17.5 Å². The van der Waals surface area contributed by atoms with Gasteiger partial charge in [-0.05, 0) is 34.5 Å². The van der Waals surface area contributed by atoms with Crippen LogP contribution in [0.2, 0.25) is 5.02 Å². The number of carbonyl (C=O) groups excluding carboxylic acids is 1. The molecule has 0 bridgehead atoms. The molecular formula is C11H8BrClN2OS. The molecule has 0 unspecified atom stereocenters. The van der Waals surface area contributed by atoms with Gasteiger partial charge in [0, 0.05) is 0 Å². The van der Waals surface area contributed by atoms with Crippen LogP contribution in [0, 0.1) is 6.92 Å². The van der Waals surface area contributed by atoms with Crippen LogP contribution in [0.1, 0.15) is 15.2 Å². The molecule has 88 valence electrons. The molecule has 1 heterocycles. The predicted octanol–water partition coefficient (Wildman–Crippen LogP) is 4.12. The molecule has 0 aliphatic rings. The van der Waals surface area contributed by atoms with E-state index in [1.807, 2.05) is 19.1 Å². The maximum Gasteiger partial charge on any atom is 0.267 e. The number of hydrogen-bond donors (Lipinski definition) is 1. The fraction of sp³-hybridized carbons (Fsp3) is 0.0909. The molecular weight excluding hydrogens is 324 g/mol.